The van der Waals surface area contributed by atoms with Crippen LogP contribution >= 0.6 is 0 Å². The van der Waals surface area contributed by atoms with E-state index in [2.05, 4.69) is 50.4 Å². The van der Waals surface area contributed by atoms with Crippen LogP contribution in [0.1, 0.15) is 57.9 Å². The molecule has 26 heavy (non-hydrogen) atoms. The number of anilines is 1. The van der Waals surface area contributed by atoms with Crippen molar-refractivity contribution >= 4 is 5.69 Å². The number of hydrogen-bond donors (Lipinski definition) is 1. The first kappa shape index (κ1) is 20.2. The zero-order valence-electron chi connectivity index (χ0n) is 16.5. The van der Waals surface area contributed by atoms with Gasteiger partial charge in [0.15, 0.2) is 0 Å². The summed E-state index contributed by atoms with van der Waals surface area (Å²) in [5.74, 6) is 2.41. The molecule has 0 radical (unpaired) electrons. The predicted octanol–water partition coefficient (Wildman–Crippen LogP) is 6.26. The first-order valence-corrected chi connectivity index (χ1v) is 9.88. The maximum atomic E-state index is 5.78. The largest absolute Gasteiger partial charge is 0.494 e. The van der Waals surface area contributed by atoms with Gasteiger partial charge < -0.3 is 14.8 Å². The van der Waals surface area contributed by atoms with E-state index in [9.17, 15) is 0 Å². The lowest BCUT2D eigenvalue weighted by molar-refractivity contribution is 0.305. The molecule has 0 aromatic heterocycles. The Balaban J connectivity index is 1.63. The molecule has 0 spiro atoms. The Labute approximate surface area is 158 Å². The summed E-state index contributed by atoms with van der Waals surface area (Å²) in [6, 6.07) is 16.5. The molecule has 0 unspecified atom stereocenters. The molecule has 3 nitrogen and oxygen atoms in total. The average Bonchev–Trinajstić information content (AvgIpc) is 2.66. The Hall–Kier alpha value is -2.16. The molecule has 1 N–H and O–H groups in total. The maximum absolute atomic E-state index is 5.78. The van der Waals surface area contributed by atoms with Crippen LogP contribution in [-0.4, -0.2) is 19.8 Å². The number of benzene rings is 2. The molecule has 2 aromatic carbocycles. The highest BCUT2D eigenvalue weighted by Crippen LogP contribution is 2.19. The maximum Gasteiger partial charge on any atom is 0.119 e. The second-order valence-electron chi connectivity index (χ2n) is 6.93. The summed E-state index contributed by atoms with van der Waals surface area (Å²) in [5.41, 5.74) is 2.42. The van der Waals surface area contributed by atoms with Gasteiger partial charge in [0.25, 0.3) is 0 Å². The molecule has 0 heterocycles. The minimum Gasteiger partial charge on any atom is -0.494 e. The van der Waals surface area contributed by atoms with Crippen molar-refractivity contribution < 1.29 is 9.47 Å². The van der Waals surface area contributed by atoms with E-state index >= 15 is 0 Å². The van der Waals surface area contributed by atoms with Gasteiger partial charge in [0.2, 0.25) is 0 Å². The topological polar surface area (TPSA) is 30.5 Å². The van der Waals surface area contributed by atoms with Gasteiger partial charge in [-0.2, -0.15) is 0 Å². The molecule has 142 valence electrons. The SMILES string of the molecule is CCCCCCOc1ccc(NCCOc2ccc(C(C)C)cc2)cc1. The summed E-state index contributed by atoms with van der Waals surface area (Å²) >= 11 is 0. The van der Waals surface area contributed by atoms with Crippen LogP contribution in [0.4, 0.5) is 5.69 Å². The van der Waals surface area contributed by atoms with Crippen LogP contribution in [0.5, 0.6) is 11.5 Å². The van der Waals surface area contributed by atoms with Crippen molar-refractivity contribution in [3.05, 3.63) is 54.1 Å². The van der Waals surface area contributed by atoms with Crippen molar-refractivity contribution in [2.24, 2.45) is 0 Å². The molecule has 0 saturated carbocycles. The summed E-state index contributed by atoms with van der Waals surface area (Å²) < 4.78 is 11.5. The zero-order chi connectivity index (χ0) is 18.6. The lowest BCUT2D eigenvalue weighted by Crippen LogP contribution is -2.11. The zero-order valence-corrected chi connectivity index (χ0v) is 16.5. The van der Waals surface area contributed by atoms with E-state index in [-0.39, 0.29) is 0 Å². The Morgan fingerprint density at radius 3 is 2.00 bits per heavy atom. The molecule has 2 aromatic rings. The second kappa shape index (κ2) is 11.5. The van der Waals surface area contributed by atoms with Crippen LogP contribution in [-0.2, 0) is 0 Å². The van der Waals surface area contributed by atoms with E-state index in [1.807, 2.05) is 24.3 Å². The summed E-state index contributed by atoms with van der Waals surface area (Å²) in [4.78, 5) is 0. The van der Waals surface area contributed by atoms with Gasteiger partial charge in [0.1, 0.15) is 18.1 Å². The Morgan fingerprint density at radius 2 is 1.38 bits per heavy atom. The molecule has 3 heteroatoms. The lowest BCUT2D eigenvalue weighted by Gasteiger charge is -2.11. The first-order chi connectivity index (χ1) is 12.7. The molecular formula is C23H33NO2. The summed E-state index contributed by atoms with van der Waals surface area (Å²) in [5, 5.41) is 3.38. The monoisotopic (exact) mass is 355 g/mol. The molecule has 0 atom stereocenters. The van der Waals surface area contributed by atoms with E-state index in [0.717, 1.165) is 36.8 Å². The minimum atomic E-state index is 0.550. The van der Waals surface area contributed by atoms with Gasteiger partial charge in [-0.3, -0.25) is 0 Å². The van der Waals surface area contributed by atoms with Crippen LogP contribution in [0, 0.1) is 0 Å². The molecule has 0 bridgehead atoms. The summed E-state index contributed by atoms with van der Waals surface area (Å²) in [6.45, 7) is 8.82. The van der Waals surface area contributed by atoms with Crippen LogP contribution in [0.3, 0.4) is 0 Å². The standard InChI is InChI=1S/C23H33NO2/c1-4-5-6-7-17-25-23-14-10-21(11-15-23)24-16-18-26-22-12-8-20(9-13-22)19(2)3/h8-15,19,24H,4-7,16-18H2,1-3H3. The van der Waals surface area contributed by atoms with Gasteiger partial charge >= 0.3 is 0 Å². The highest BCUT2D eigenvalue weighted by Gasteiger charge is 2.00. The third-order valence-electron chi connectivity index (χ3n) is 4.37. The van der Waals surface area contributed by atoms with Crippen LogP contribution in [0.2, 0.25) is 0 Å². The van der Waals surface area contributed by atoms with Crippen molar-refractivity contribution in [3.8, 4) is 11.5 Å². The highest BCUT2D eigenvalue weighted by molar-refractivity contribution is 5.46. The molecule has 0 fully saturated rings. The minimum absolute atomic E-state index is 0.550. The quantitative estimate of drug-likeness (QED) is 0.456. The lowest BCUT2D eigenvalue weighted by atomic mass is 10.0. The first-order valence-electron chi connectivity index (χ1n) is 9.88. The third-order valence-corrected chi connectivity index (χ3v) is 4.37. The molecule has 2 rings (SSSR count). The van der Waals surface area contributed by atoms with Crippen molar-refractivity contribution in [1.29, 1.82) is 0 Å². The normalized spacial score (nSPS) is 10.8. The van der Waals surface area contributed by atoms with Crippen molar-refractivity contribution in [2.45, 2.75) is 52.4 Å². The highest BCUT2D eigenvalue weighted by atomic mass is 16.5. The van der Waals surface area contributed by atoms with Gasteiger partial charge in [-0.25, -0.2) is 0 Å². The van der Waals surface area contributed by atoms with E-state index in [1.165, 1.54) is 24.8 Å². The number of ether oxygens (including phenoxy) is 2. The van der Waals surface area contributed by atoms with E-state index in [1.54, 1.807) is 0 Å². The van der Waals surface area contributed by atoms with Crippen LogP contribution < -0.4 is 14.8 Å². The van der Waals surface area contributed by atoms with Gasteiger partial charge in [-0.1, -0.05) is 52.2 Å². The molecule has 0 aliphatic carbocycles. The number of rotatable bonds is 12. The number of hydrogen-bond acceptors (Lipinski definition) is 3. The second-order valence-corrected chi connectivity index (χ2v) is 6.93. The molecule has 0 aliphatic heterocycles. The van der Waals surface area contributed by atoms with Crippen molar-refractivity contribution in [1.82, 2.24) is 0 Å². The molecule has 0 aliphatic rings. The smallest absolute Gasteiger partial charge is 0.119 e. The van der Waals surface area contributed by atoms with Crippen molar-refractivity contribution in [3.63, 3.8) is 0 Å². The van der Waals surface area contributed by atoms with Gasteiger partial charge in [-0.05, 0) is 54.3 Å². The number of nitrogens with one attached hydrogen (secondary N) is 1. The van der Waals surface area contributed by atoms with Gasteiger partial charge in [0, 0.05) is 12.2 Å². The van der Waals surface area contributed by atoms with E-state index in [0.29, 0.717) is 12.5 Å². The van der Waals surface area contributed by atoms with Crippen molar-refractivity contribution in [2.75, 3.05) is 25.1 Å². The Morgan fingerprint density at radius 1 is 0.769 bits per heavy atom. The Kier molecular flexibility index (Phi) is 8.88. The fourth-order valence-electron chi connectivity index (χ4n) is 2.70. The van der Waals surface area contributed by atoms with Crippen LogP contribution in [0.25, 0.3) is 0 Å². The predicted molar refractivity (Wildman–Crippen MR) is 111 cm³/mol. The average molecular weight is 356 g/mol. The molecule has 0 saturated heterocycles. The third kappa shape index (κ3) is 7.38. The fourth-order valence-corrected chi connectivity index (χ4v) is 2.70. The van der Waals surface area contributed by atoms with E-state index in [4.69, 9.17) is 9.47 Å². The van der Waals surface area contributed by atoms with Gasteiger partial charge in [-0.15, -0.1) is 0 Å². The Bertz CT molecular complexity index is 605. The van der Waals surface area contributed by atoms with E-state index < -0.39 is 0 Å². The number of unbranched alkanes of at least 4 members (excludes halogenated alkanes) is 3. The summed E-state index contributed by atoms with van der Waals surface area (Å²) in [7, 11) is 0. The van der Waals surface area contributed by atoms with Gasteiger partial charge in [0.05, 0.1) is 6.61 Å². The fraction of sp³-hybridized carbons (Fsp3) is 0.478. The molecular weight excluding hydrogens is 322 g/mol. The van der Waals surface area contributed by atoms with Crippen LogP contribution in [0.15, 0.2) is 48.5 Å². The molecule has 0 amide bonds. The summed E-state index contributed by atoms with van der Waals surface area (Å²) in [6.07, 6.45) is 4.92.